The van der Waals surface area contributed by atoms with E-state index in [2.05, 4.69) is 16.3 Å². The van der Waals surface area contributed by atoms with Gasteiger partial charge in [0.05, 0.1) is 6.54 Å². The van der Waals surface area contributed by atoms with E-state index in [9.17, 15) is 4.79 Å². The molecule has 1 amide bonds. The van der Waals surface area contributed by atoms with Crippen molar-refractivity contribution in [3.8, 4) is 0 Å². The minimum absolute atomic E-state index is 0.240. The van der Waals surface area contributed by atoms with Crippen LogP contribution in [0, 0.1) is 0 Å². The Bertz CT molecular complexity index is 140. The number of rotatable bonds is 1. The Morgan fingerprint density at radius 1 is 1.60 bits per heavy atom. The zero-order valence-corrected chi connectivity index (χ0v) is 7.36. The number of hydrogen-bond acceptors (Lipinski definition) is 2. The van der Waals surface area contributed by atoms with Gasteiger partial charge in [0.15, 0.2) is 16.3 Å². The van der Waals surface area contributed by atoms with Crippen LogP contribution in [0.3, 0.4) is 0 Å². The zero-order valence-electron chi connectivity index (χ0n) is 6.21. The van der Waals surface area contributed by atoms with Crippen molar-refractivity contribution in [2.45, 2.75) is 0 Å². The molecule has 0 N–H and O–H groups in total. The van der Waals surface area contributed by atoms with Gasteiger partial charge in [-0.2, -0.15) is 0 Å². The number of carbonyl (C=O) groups is 1. The highest BCUT2D eigenvalue weighted by molar-refractivity contribution is 6.10. The van der Waals surface area contributed by atoms with Crippen molar-refractivity contribution in [1.29, 1.82) is 0 Å². The zero-order chi connectivity index (χ0) is 7.56. The summed E-state index contributed by atoms with van der Waals surface area (Å²) in [6, 6.07) is 0. The van der Waals surface area contributed by atoms with Gasteiger partial charge in [-0.1, -0.05) is 5.41 Å². The maximum Gasteiger partial charge on any atom is 0.235 e. The fourth-order valence-corrected chi connectivity index (χ4v) is 1.41. The highest BCUT2D eigenvalue weighted by atomic mass is 27.0. The molecule has 0 aromatic rings. The molecule has 0 aromatic carbocycles. The van der Waals surface area contributed by atoms with Crippen LogP contribution in [0.1, 0.15) is 0 Å². The topological polar surface area (TPSA) is 23.6 Å². The molecule has 1 heterocycles. The van der Waals surface area contributed by atoms with Gasteiger partial charge in [-0.3, -0.25) is 9.69 Å². The molecule has 4 heteroatoms. The van der Waals surface area contributed by atoms with Gasteiger partial charge in [0, 0.05) is 13.1 Å². The summed E-state index contributed by atoms with van der Waals surface area (Å²) in [7, 11) is 1.97. The van der Waals surface area contributed by atoms with E-state index in [1.165, 1.54) is 0 Å². The van der Waals surface area contributed by atoms with Crippen molar-refractivity contribution in [3.63, 3.8) is 0 Å². The molecule has 1 fully saturated rings. The number of hydrogen-bond donors (Lipinski definition) is 0. The summed E-state index contributed by atoms with van der Waals surface area (Å²) in [5, 5.41) is 0.771. The van der Waals surface area contributed by atoms with Gasteiger partial charge in [0.1, 0.15) is 0 Å². The van der Waals surface area contributed by atoms with Crippen LogP contribution in [0.25, 0.3) is 0 Å². The average Bonchev–Trinajstić information content (AvgIpc) is 1.88. The summed E-state index contributed by atoms with van der Waals surface area (Å²) < 4.78 is 0. The maximum absolute atomic E-state index is 11.1. The largest absolute Gasteiger partial charge is 0.356 e. The van der Waals surface area contributed by atoms with E-state index >= 15 is 0 Å². The Morgan fingerprint density at radius 2 is 2.30 bits per heavy atom. The van der Waals surface area contributed by atoms with Crippen molar-refractivity contribution in [2.75, 3.05) is 32.1 Å². The van der Waals surface area contributed by atoms with E-state index in [0.717, 1.165) is 18.5 Å². The van der Waals surface area contributed by atoms with Crippen LogP contribution < -0.4 is 0 Å². The van der Waals surface area contributed by atoms with Crippen molar-refractivity contribution >= 4 is 22.2 Å². The predicted molar refractivity (Wildman–Crippen MR) is 39.8 cm³/mol. The molecule has 0 saturated carbocycles. The Hall–Kier alpha value is -0.0375. The second-order valence-electron chi connectivity index (χ2n) is 2.58. The van der Waals surface area contributed by atoms with Crippen LogP contribution in [0.5, 0.6) is 0 Å². The van der Waals surface area contributed by atoms with Crippen molar-refractivity contribution < 1.29 is 4.79 Å². The van der Waals surface area contributed by atoms with Gasteiger partial charge >= 0.3 is 0 Å². The highest BCUT2D eigenvalue weighted by Gasteiger charge is 2.18. The summed E-state index contributed by atoms with van der Waals surface area (Å²) in [6.07, 6.45) is 0. The molecule has 0 spiro atoms. The van der Waals surface area contributed by atoms with Gasteiger partial charge in [0.2, 0.25) is 5.91 Å². The molecule has 3 nitrogen and oxygen atoms in total. The Balaban J connectivity index is 2.43. The second-order valence-corrected chi connectivity index (χ2v) is 2.94. The molecule has 1 aliphatic heterocycles. The van der Waals surface area contributed by atoms with Crippen molar-refractivity contribution in [1.82, 2.24) is 9.80 Å². The van der Waals surface area contributed by atoms with Crippen LogP contribution in [0.4, 0.5) is 0 Å². The van der Waals surface area contributed by atoms with Crippen molar-refractivity contribution in [2.24, 2.45) is 0 Å². The minimum atomic E-state index is 0.240. The Kier molecular flexibility index (Phi) is 2.73. The number of piperazine rings is 1. The standard InChI is InChI=1S/C6H11N2O.Al/c1-7-3-4-8(2)6(9)5-7;/h2-5H2,1H3;. The van der Waals surface area contributed by atoms with Crippen LogP contribution in [-0.4, -0.2) is 64.1 Å². The van der Waals surface area contributed by atoms with E-state index in [-0.39, 0.29) is 5.91 Å². The van der Waals surface area contributed by atoms with E-state index in [0.29, 0.717) is 6.54 Å². The first-order valence-corrected chi connectivity index (χ1v) is 4.22. The Morgan fingerprint density at radius 3 is 2.80 bits per heavy atom. The molecule has 1 aliphatic rings. The third-order valence-electron chi connectivity index (χ3n) is 1.73. The fourth-order valence-electron chi connectivity index (χ4n) is 1.02. The SMILES string of the molecule is CN1CCN([CH2][Al])C(=O)C1. The van der Waals surface area contributed by atoms with E-state index in [1.54, 1.807) is 0 Å². The molecule has 0 unspecified atom stereocenters. The molecule has 0 atom stereocenters. The minimum Gasteiger partial charge on any atom is -0.356 e. The number of nitrogens with zero attached hydrogens (tertiary/aromatic N) is 2. The van der Waals surface area contributed by atoms with Gasteiger partial charge in [-0.05, 0) is 7.05 Å². The fraction of sp³-hybridized carbons (Fsp3) is 0.833. The number of likely N-dealkylation sites (N-methyl/N-ethyl adjacent to an activating group) is 1. The lowest BCUT2D eigenvalue weighted by Gasteiger charge is -2.31. The van der Waals surface area contributed by atoms with Gasteiger partial charge < -0.3 is 4.90 Å². The monoisotopic (exact) mass is 154 g/mol. The van der Waals surface area contributed by atoms with Crippen LogP contribution >= 0.6 is 0 Å². The summed E-state index contributed by atoms with van der Waals surface area (Å²) in [5.74, 6) is 0.240. The first kappa shape index (κ1) is 8.06. The molecule has 0 aromatic heterocycles. The van der Waals surface area contributed by atoms with Gasteiger partial charge in [0.25, 0.3) is 0 Å². The predicted octanol–water partition coefficient (Wildman–Crippen LogP) is -1.11. The van der Waals surface area contributed by atoms with Crippen LogP contribution in [-0.2, 0) is 4.79 Å². The molecule has 10 heavy (non-hydrogen) atoms. The van der Waals surface area contributed by atoms with Gasteiger partial charge in [-0.15, -0.1) is 0 Å². The normalized spacial score (nSPS) is 21.7. The lowest BCUT2D eigenvalue weighted by Crippen LogP contribution is -2.49. The summed E-state index contributed by atoms with van der Waals surface area (Å²) >= 11 is 2.57. The third kappa shape index (κ3) is 1.72. The molecule has 2 radical (unpaired) electrons. The van der Waals surface area contributed by atoms with E-state index < -0.39 is 0 Å². The lowest BCUT2D eigenvalue weighted by atomic mass is 10.3. The lowest BCUT2D eigenvalue weighted by molar-refractivity contribution is -0.134. The van der Waals surface area contributed by atoms with Crippen LogP contribution in [0.15, 0.2) is 0 Å². The molecule has 54 valence electrons. The van der Waals surface area contributed by atoms with E-state index in [1.807, 2.05) is 16.8 Å². The maximum atomic E-state index is 11.1. The molecular weight excluding hydrogens is 143 g/mol. The number of amides is 1. The number of carbonyl (C=O) groups excluding carboxylic acids is 1. The second kappa shape index (κ2) is 3.38. The first-order valence-electron chi connectivity index (χ1n) is 3.40. The van der Waals surface area contributed by atoms with Crippen molar-refractivity contribution in [3.05, 3.63) is 0 Å². The highest BCUT2D eigenvalue weighted by Crippen LogP contribution is 1.98. The Labute approximate surface area is 69.4 Å². The molecule has 0 aliphatic carbocycles. The average molecular weight is 154 g/mol. The first-order chi connectivity index (χ1) is 4.74. The molecular formula is C6H11AlN2O. The smallest absolute Gasteiger partial charge is 0.235 e. The van der Waals surface area contributed by atoms with E-state index in [4.69, 9.17) is 0 Å². The van der Waals surface area contributed by atoms with Gasteiger partial charge in [-0.25, -0.2) is 0 Å². The summed E-state index contributed by atoms with van der Waals surface area (Å²) in [6.45, 7) is 2.45. The summed E-state index contributed by atoms with van der Waals surface area (Å²) in [5.41, 5.74) is 0. The van der Waals surface area contributed by atoms with Crippen LogP contribution in [0.2, 0.25) is 0 Å². The molecule has 1 saturated heterocycles. The third-order valence-corrected chi connectivity index (χ3v) is 2.17. The molecule has 1 rings (SSSR count). The molecule has 0 bridgehead atoms. The summed E-state index contributed by atoms with van der Waals surface area (Å²) in [4.78, 5) is 15.0. The quantitative estimate of drug-likeness (QED) is 0.447.